The summed E-state index contributed by atoms with van der Waals surface area (Å²) < 4.78 is 18.7. The number of benzene rings is 1. The Morgan fingerprint density at radius 2 is 2.24 bits per heavy atom. The predicted octanol–water partition coefficient (Wildman–Crippen LogP) is 2.05. The van der Waals surface area contributed by atoms with E-state index in [0.717, 1.165) is 0 Å². The number of amides is 1. The number of rotatable bonds is 5. The Morgan fingerprint density at radius 3 is 2.92 bits per heavy atom. The highest BCUT2D eigenvalue weighted by molar-refractivity contribution is 5.78. The number of carbonyl (C=O) groups excluding carboxylic acids is 1. The van der Waals surface area contributed by atoms with Crippen molar-refractivity contribution in [2.75, 3.05) is 13.1 Å². The van der Waals surface area contributed by atoms with Gasteiger partial charge in [-0.15, -0.1) is 0 Å². The van der Waals surface area contributed by atoms with Crippen LogP contribution in [0.4, 0.5) is 4.39 Å². The average molecular weight is 347 g/mol. The lowest BCUT2D eigenvalue weighted by Gasteiger charge is -2.14. The van der Waals surface area contributed by atoms with Crippen molar-refractivity contribution in [3.05, 3.63) is 35.5 Å². The molecule has 1 aromatic heterocycles. The van der Waals surface area contributed by atoms with Crippen molar-refractivity contribution in [3.8, 4) is 11.4 Å². The third-order valence-corrected chi connectivity index (χ3v) is 4.34. The van der Waals surface area contributed by atoms with Crippen LogP contribution in [0.5, 0.6) is 0 Å². The average Bonchev–Trinajstić information content (AvgIpc) is 3.24. The number of carboxylic acid groups (broad SMARTS) is 1. The molecule has 2 heterocycles. The van der Waals surface area contributed by atoms with E-state index in [0.29, 0.717) is 30.0 Å². The fourth-order valence-electron chi connectivity index (χ4n) is 2.77. The second-order valence-corrected chi connectivity index (χ2v) is 6.14. The van der Waals surface area contributed by atoms with E-state index in [1.54, 1.807) is 24.0 Å². The summed E-state index contributed by atoms with van der Waals surface area (Å²) in [6.45, 7) is 2.36. The molecule has 1 aliphatic heterocycles. The van der Waals surface area contributed by atoms with Gasteiger partial charge in [0.2, 0.25) is 17.6 Å². The van der Waals surface area contributed by atoms with Gasteiger partial charge in [0.1, 0.15) is 5.82 Å². The highest BCUT2D eigenvalue weighted by atomic mass is 19.1. The maximum atomic E-state index is 13.6. The number of aryl methyl sites for hydroxylation is 2. The van der Waals surface area contributed by atoms with E-state index < -0.39 is 11.9 Å². The Labute approximate surface area is 143 Å². The first kappa shape index (κ1) is 17.1. The minimum atomic E-state index is -0.873. The normalized spacial score (nSPS) is 17.0. The van der Waals surface area contributed by atoms with Gasteiger partial charge in [0.15, 0.2) is 0 Å². The van der Waals surface area contributed by atoms with Crippen LogP contribution in [0, 0.1) is 18.7 Å². The number of hydrogen-bond donors (Lipinski definition) is 1. The fraction of sp³-hybridized carbons (Fsp3) is 0.412. The summed E-state index contributed by atoms with van der Waals surface area (Å²) in [4.78, 5) is 28.8. The lowest BCUT2D eigenvalue weighted by Crippen LogP contribution is -2.30. The molecular weight excluding hydrogens is 329 g/mol. The van der Waals surface area contributed by atoms with Gasteiger partial charge in [0.25, 0.3) is 0 Å². The minimum absolute atomic E-state index is 0.134. The van der Waals surface area contributed by atoms with Gasteiger partial charge in [-0.2, -0.15) is 4.98 Å². The second kappa shape index (κ2) is 7.00. The van der Waals surface area contributed by atoms with Crippen molar-refractivity contribution in [1.82, 2.24) is 15.0 Å². The van der Waals surface area contributed by atoms with Crippen LogP contribution in [-0.4, -0.2) is 45.1 Å². The summed E-state index contributed by atoms with van der Waals surface area (Å²) in [6, 6.07) is 4.68. The van der Waals surface area contributed by atoms with Crippen LogP contribution in [0.25, 0.3) is 11.4 Å². The van der Waals surface area contributed by atoms with Gasteiger partial charge in [-0.25, -0.2) is 4.39 Å². The van der Waals surface area contributed by atoms with Gasteiger partial charge < -0.3 is 14.5 Å². The third-order valence-electron chi connectivity index (χ3n) is 4.34. The summed E-state index contributed by atoms with van der Waals surface area (Å²) in [5.41, 5.74) is 1.04. The van der Waals surface area contributed by atoms with Crippen LogP contribution < -0.4 is 0 Å². The number of carbonyl (C=O) groups is 2. The van der Waals surface area contributed by atoms with E-state index in [1.807, 2.05) is 0 Å². The molecule has 1 fully saturated rings. The molecule has 0 radical (unpaired) electrons. The number of aliphatic carboxylic acids is 1. The molecule has 0 saturated carbocycles. The van der Waals surface area contributed by atoms with Crippen LogP contribution in [0.2, 0.25) is 0 Å². The van der Waals surface area contributed by atoms with Crippen LogP contribution in [0.3, 0.4) is 0 Å². The number of halogens is 1. The van der Waals surface area contributed by atoms with Gasteiger partial charge in [-0.05, 0) is 25.0 Å². The quantitative estimate of drug-likeness (QED) is 0.889. The van der Waals surface area contributed by atoms with Crippen molar-refractivity contribution in [2.24, 2.45) is 5.92 Å². The van der Waals surface area contributed by atoms with Crippen LogP contribution in [0.1, 0.15) is 24.3 Å². The fourth-order valence-corrected chi connectivity index (χ4v) is 2.77. The van der Waals surface area contributed by atoms with Gasteiger partial charge in [-0.1, -0.05) is 17.3 Å². The van der Waals surface area contributed by atoms with Crippen LogP contribution >= 0.6 is 0 Å². The largest absolute Gasteiger partial charge is 0.481 e. The maximum Gasteiger partial charge on any atom is 0.308 e. The predicted molar refractivity (Wildman–Crippen MR) is 85.1 cm³/mol. The molecule has 1 aliphatic rings. The van der Waals surface area contributed by atoms with Gasteiger partial charge in [0.05, 0.1) is 5.92 Å². The highest BCUT2D eigenvalue weighted by Gasteiger charge is 2.30. The lowest BCUT2D eigenvalue weighted by atomic mass is 10.1. The molecule has 1 N–H and O–H groups in total. The monoisotopic (exact) mass is 347 g/mol. The molecule has 8 heteroatoms. The lowest BCUT2D eigenvalue weighted by molar-refractivity contribution is -0.141. The third kappa shape index (κ3) is 3.84. The van der Waals surface area contributed by atoms with Gasteiger partial charge >= 0.3 is 5.97 Å². The molecule has 1 unspecified atom stereocenters. The summed E-state index contributed by atoms with van der Waals surface area (Å²) >= 11 is 0. The van der Waals surface area contributed by atoms with E-state index in [2.05, 4.69) is 10.1 Å². The second-order valence-electron chi connectivity index (χ2n) is 6.14. The molecule has 2 aromatic rings. The summed E-state index contributed by atoms with van der Waals surface area (Å²) in [6.07, 6.45) is 0.898. The minimum Gasteiger partial charge on any atom is -0.481 e. The zero-order chi connectivity index (χ0) is 18.0. The van der Waals surface area contributed by atoms with E-state index in [9.17, 15) is 14.0 Å². The zero-order valence-electron chi connectivity index (χ0n) is 13.7. The highest BCUT2D eigenvalue weighted by Crippen LogP contribution is 2.20. The van der Waals surface area contributed by atoms with Crippen molar-refractivity contribution in [1.29, 1.82) is 0 Å². The van der Waals surface area contributed by atoms with E-state index >= 15 is 0 Å². The molecule has 0 bridgehead atoms. The van der Waals surface area contributed by atoms with Crippen molar-refractivity contribution in [3.63, 3.8) is 0 Å². The van der Waals surface area contributed by atoms with E-state index in [-0.39, 0.29) is 36.9 Å². The molecule has 1 aromatic carbocycles. The smallest absolute Gasteiger partial charge is 0.308 e. The first-order valence-corrected chi connectivity index (χ1v) is 8.03. The van der Waals surface area contributed by atoms with Crippen molar-refractivity contribution >= 4 is 11.9 Å². The van der Waals surface area contributed by atoms with Gasteiger partial charge in [-0.3, -0.25) is 9.59 Å². The van der Waals surface area contributed by atoms with Gasteiger partial charge in [0, 0.05) is 31.5 Å². The first-order valence-electron chi connectivity index (χ1n) is 8.03. The Kier molecular flexibility index (Phi) is 4.78. The molecule has 1 saturated heterocycles. The topological polar surface area (TPSA) is 96.5 Å². The number of aromatic nitrogens is 2. The molecule has 25 heavy (non-hydrogen) atoms. The summed E-state index contributed by atoms with van der Waals surface area (Å²) in [7, 11) is 0. The van der Waals surface area contributed by atoms with E-state index in [4.69, 9.17) is 9.63 Å². The molecular formula is C17H18FN3O4. The Morgan fingerprint density at radius 1 is 1.44 bits per heavy atom. The molecule has 0 spiro atoms. The van der Waals surface area contributed by atoms with E-state index in [1.165, 1.54) is 6.07 Å². The number of likely N-dealkylation sites (tertiary alicyclic amines) is 1. The molecule has 3 rings (SSSR count). The number of hydrogen-bond acceptors (Lipinski definition) is 5. The number of carboxylic acids is 1. The number of nitrogens with zero attached hydrogens (tertiary/aromatic N) is 3. The Hall–Kier alpha value is -2.77. The maximum absolute atomic E-state index is 13.6. The first-order chi connectivity index (χ1) is 11.9. The molecule has 0 aliphatic carbocycles. The Balaban J connectivity index is 1.58. The van der Waals surface area contributed by atoms with Crippen LogP contribution in [0.15, 0.2) is 22.7 Å². The van der Waals surface area contributed by atoms with Crippen molar-refractivity contribution in [2.45, 2.75) is 26.2 Å². The van der Waals surface area contributed by atoms with Crippen molar-refractivity contribution < 1.29 is 23.6 Å². The molecule has 1 atom stereocenters. The Bertz CT molecular complexity index is 805. The molecule has 1 amide bonds. The zero-order valence-corrected chi connectivity index (χ0v) is 13.7. The summed E-state index contributed by atoms with van der Waals surface area (Å²) in [5, 5.41) is 12.8. The van der Waals surface area contributed by atoms with Crippen LogP contribution in [-0.2, 0) is 16.0 Å². The molecule has 7 nitrogen and oxygen atoms in total. The standard InChI is InChI=1S/C17H18FN3O4/c1-10-2-3-11(8-13(10)18)16-19-14(25-20-16)4-5-15(22)21-7-6-12(9-21)17(23)24/h2-3,8,12H,4-7,9H2,1H3,(H,23,24). The summed E-state index contributed by atoms with van der Waals surface area (Å²) in [5.74, 6) is -1.28. The molecule has 132 valence electrons. The SMILES string of the molecule is Cc1ccc(-c2noc(CCC(=O)N3CCC(C(=O)O)C3)n2)cc1F.